The monoisotopic (exact) mass is 456 g/mol. The molecule has 26 heavy (non-hydrogen) atoms. The molecule has 0 atom stereocenters. The summed E-state index contributed by atoms with van der Waals surface area (Å²) < 4.78 is 0. The van der Waals surface area contributed by atoms with Gasteiger partial charge in [-0.05, 0) is 11.1 Å². The predicted molar refractivity (Wildman–Crippen MR) is 97.5 cm³/mol. The van der Waals surface area contributed by atoms with E-state index in [9.17, 15) is 0 Å². The molecule has 0 aliphatic heterocycles. The van der Waals surface area contributed by atoms with E-state index in [-0.39, 0.29) is 58.9 Å². The molecule has 2 aromatic rings. The summed E-state index contributed by atoms with van der Waals surface area (Å²) in [4.78, 5) is 0. The Hall–Kier alpha value is -0.279. The van der Waals surface area contributed by atoms with Gasteiger partial charge in [-0.25, -0.2) is 11.6 Å². The minimum Gasteiger partial charge on any atom is -1.00 e. The second kappa shape index (κ2) is 12.2. The molecule has 0 aromatic heterocycles. The molecular formula is C21H23Cl3SiTi. The quantitative estimate of drug-likeness (QED) is 0.335. The number of benzene rings is 2. The zero-order valence-corrected chi connectivity index (χ0v) is 20.1. The Kier molecular flexibility index (Phi) is 13.1. The normalized spacial score (nSPS) is 12.6. The Morgan fingerprint density at radius 3 is 1.54 bits per heavy atom. The molecule has 0 nitrogen and oxygen atoms in total. The van der Waals surface area contributed by atoms with Crippen molar-refractivity contribution in [2.45, 2.75) is 32.0 Å². The van der Waals surface area contributed by atoms with Crippen LogP contribution in [0.15, 0.2) is 77.5 Å². The van der Waals surface area contributed by atoms with E-state index in [0.29, 0.717) is 5.92 Å². The van der Waals surface area contributed by atoms with Gasteiger partial charge in [0.05, 0.1) is 8.07 Å². The maximum Gasteiger partial charge on any atom is 4.00 e. The molecule has 0 saturated carbocycles. The third-order valence-electron chi connectivity index (χ3n) is 4.30. The van der Waals surface area contributed by atoms with E-state index < -0.39 is 8.07 Å². The number of hydrogen-bond acceptors (Lipinski definition) is 0. The number of rotatable bonds is 4. The van der Waals surface area contributed by atoms with Crippen LogP contribution in [0.25, 0.3) is 0 Å². The third kappa shape index (κ3) is 6.71. The van der Waals surface area contributed by atoms with Gasteiger partial charge in [0.2, 0.25) is 0 Å². The van der Waals surface area contributed by atoms with Crippen molar-refractivity contribution in [2.75, 3.05) is 0 Å². The topological polar surface area (TPSA) is 0 Å². The summed E-state index contributed by atoms with van der Waals surface area (Å²) in [5.41, 5.74) is 4.04. The molecule has 1 aliphatic carbocycles. The van der Waals surface area contributed by atoms with Crippen molar-refractivity contribution in [2.24, 2.45) is 0 Å². The van der Waals surface area contributed by atoms with Crippen molar-refractivity contribution in [3.05, 3.63) is 94.7 Å². The van der Waals surface area contributed by atoms with Gasteiger partial charge < -0.3 is 37.2 Å². The second-order valence-electron chi connectivity index (χ2n) is 6.97. The van der Waals surface area contributed by atoms with Gasteiger partial charge >= 0.3 is 21.7 Å². The number of allylic oxidation sites excluding steroid dienone is 4. The molecule has 0 heterocycles. The Morgan fingerprint density at radius 1 is 0.769 bits per heavy atom. The Balaban J connectivity index is 0. The molecule has 0 fully saturated rings. The average Bonchev–Trinajstić information content (AvgIpc) is 2.99. The van der Waals surface area contributed by atoms with Crippen molar-refractivity contribution in [1.29, 1.82) is 0 Å². The van der Waals surface area contributed by atoms with Gasteiger partial charge in [-0.3, -0.25) is 6.08 Å². The summed E-state index contributed by atoms with van der Waals surface area (Å²) in [6.07, 6.45) is 7.24. The van der Waals surface area contributed by atoms with E-state index >= 15 is 0 Å². The van der Waals surface area contributed by atoms with Crippen LogP contribution < -0.4 is 37.2 Å². The van der Waals surface area contributed by atoms with E-state index in [1.807, 2.05) is 0 Å². The van der Waals surface area contributed by atoms with Gasteiger partial charge in [-0.15, -0.1) is 6.42 Å². The van der Waals surface area contributed by atoms with E-state index in [1.165, 1.54) is 16.7 Å². The van der Waals surface area contributed by atoms with E-state index in [2.05, 4.69) is 92.5 Å². The largest absolute Gasteiger partial charge is 4.00 e. The van der Waals surface area contributed by atoms with Crippen LogP contribution in [0.5, 0.6) is 0 Å². The fourth-order valence-corrected chi connectivity index (χ4v) is 4.25. The minimum atomic E-state index is -1.26. The molecule has 5 heteroatoms. The molecule has 1 aliphatic rings. The van der Waals surface area contributed by atoms with Crippen LogP contribution in [0.2, 0.25) is 19.6 Å². The van der Waals surface area contributed by atoms with Crippen molar-refractivity contribution in [3.63, 3.8) is 0 Å². The molecule has 0 N–H and O–H groups in total. The smallest absolute Gasteiger partial charge is 1.00 e. The van der Waals surface area contributed by atoms with E-state index in [0.717, 1.165) is 6.42 Å². The molecule has 0 saturated heterocycles. The molecule has 0 bridgehead atoms. The molecule has 3 rings (SSSR count). The van der Waals surface area contributed by atoms with Gasteiger partial charge in [-0.2, -0.15) is 5.20 Å². The maximum absolute atomic E-state index is 3.77. The molecule has 0 spiro atoms. The molecule has 136 valence electrons. The van der Waals surface area contributed by atoms with Gasteiger partial charge in [-0.1, -0.05) is 80.3 Å². The zero-order chi connectivity index (χ0) is 15.6. The predicted octanol–water partition coefficient (Wildman–Crippen LogP) is -3.23. The summed E-state index contributed by atoms with van der Waals surface area (Å²) in [6, 6.07) is 21.6. The van der Waals surface area contributed by atoms with Crippen molar-refractivity contribution < 1.29 is 58.9 Å². The van der Waals surface area contributed by atoms with Crippen molar-refractivity contribution >= 4 is 8.07 Å². The molecule has 2 aromatic carbocycles. The van der Waals surface area contributed by atoms with Crippen LogP contribution in [-0.2, 0) is 21.7 Å². The van der Waals surface area contributed by atoms with Gasteiger partial charge in [0.25, 0.3) is 0 Å². The standard InChI is InChI=1S/C21H23Si.3ClH.Ti/c1-22(2,3)20-15-14-19(16-20)21(17-10-6-4-7-11-17)18-12-8-5-9-13-18;;;;/h4-14,21H,15H2,1-3H3;3*1H;/q-1;;;;+4/p-3. The van der Waals surface area contributed by atoms with Crippen molar-refractivity contribution in [3.8, 4) is 0 Å². The Morgan fingerprint density at radius 2 is 1.19 bits per heavy atom. The zero-order valence-electron chi connectivity index (χ0n) is 15.3. The first-order valence-corrected chi connectivity index (χ1v) is 11.5. The Labute approximate surface area is 192 Å². The second-order valence-corrected chi connectivity index (χ2v) is 12.1. The third-order valence-corrected chi connectivity index (χ3v) is 6.44. The summed E-state index contributed by atoms with van der Waals surface area (Å²) in [5, 5.41) is 1.54. The van der Waals surface area contributed by atoms with Crippen LogP contribution in [0.1, 0.15) is 23.5 Å². The van der Waals surface area contributed by atoms with Crippen LogP contribution in [0.3, 0.4) is 0 Å². The molecule has 0 radical (unpaired) electrons. The van der Waals surface area contributed by atoms with Gasteiger partial charge in [0.1, 0.15) is 0 Å². The maximum atomic E-state index is 3.77. The Bertz CT molecular complexity index is 668. The van der Waals surface area contributed by atoms with Gasteiger partial charge in [0.15, 0.2) is 0 Å². The van der Waals surface area contributed by atoms with Crippen LogP contribution >= 0.6 is 0 Å². The first kappa shape index (κ1) is 27.9. The van der Waals surface area contributed by atoms with Crippen LogP contribution in [-0.4, -0.2) is 8.07 Å². The number of hydrogen-bond donors (Lipinski definition) is 0. The molecular weight excluding hydrogens is 435 g/mol. The first-order valence-electron chi connectivity index (χ1n) is 7.99. The minimum absolute atomic E-state index is 0. The fraction of sp³-hybridized carbons (Fsp3) is 0.238. The van der Waals surface area contributed by atoms with E-state index in [4.69, 9.17) is 0 Å². The first-order chi connectivity index (χ1) is 10.6. The average molecular weight is 458 g/mol. The van der Waals surface area contributed by atoms with E-state index in [1.54, 1.807) is 5.20 Å². The summed E-state index contributed by atoms with van der Waals surface area (Å²) in [7, 11) is -1.26. The van der Waals surface area contributed by atoms with Crippen LogP contribution in [0.4, 0.5) is 0 Å². The van der Waals surface area contributed by atoms with Crippen LogP contribution in [0, 0.1) is 6.08 Å². The molecule has 0 amide bonds. The fourth-order valence-electron chi connectivity index (χ4n) is 3.01. The summed E-state index contributed by atoms with van der Waals surface area (Å²) in [6.45, 7) is 7.23. The number of halogens is 3. The van der Waals surface area contributed by atoms with Gasteiger partial charge in [0, 0.05) is 5.92 Å². The van der Waals surface area contributed by atoms with Crippen molar-refractivity contribution in [1.82, 2.24) is 0 Å². The summed E-state index contributed by atoms with van der Waals surface area (Å²) >= 11 is 0. The summed E-state index contributed by atoms with van der Waals surface area (Å²) in [5.74, 6) is 0.302. The molecule has 0 unspecified atom stereocenters. The SMILES string of the molecule is C[Si](C)(C)C1=[C-]C(C(c2ccccc2)c2ccccc2)=CC1.[Cl-].[Cl-].[Cl-].[Ti+4].